The van der Waals surface area contributed by atoms with Crippen LogP contribution in [0.5, 0.6) is 5.75 Å². The molecule has 0 aromatic heterocycles. The normalized spacial score (nSPS) is 18.3. The Kier molecular flexibility index (Phi) is 6.14. The van der Waals surface area contributed by atoms with Gasteiger partial charge in [-0.1, -0.05) is 12.1 Å². The number of benzene rings is 1. The predicted molar refractivity (Wildman–Crippen MR) is 88.2 cm³/mol. The summed E-state index contributed by atoms with van der Waals surface area (Å²) >= 11 is 0. The lowest BCUT2D eigenvalue weighted by Crippen LogP contribution is -2.60. The Bertz CT molecular complexity index is 594. The van der Waals surface area contributed by atoms with Crippen LogP contribution in [-0.4, -0.2) is 79.4 Å². The number of likely N-dealkylation sites (N-methyl/N-ethyl adjacent to an activating group) is 1. The summed E-state index contributed by atoms with van der Waals surface area (Å²) in [7, 11) is 3.39. The van der Waals surface area contributed by atoms with E-state index in [1.165, 1.54) is 17.9 Å². The van der Waals surface area contributed by atoms with Crippen molar-refractivity contribution in [3.63, 3.8) is 0 Å². The maximum atomic E-state index is 13.6. The first-order chi connectivity index (χ1) is 11.4. The molecule has 0 bridgehead atoms. The molecule has 1 heterocycles. The van der Waals surface area contributed by atoms with E-state index in [1.54, 1.807) is 37.2 Å². The molecule has 1 aromatic rings. The number of nitrogens with zero attached hydrogens (tertiary/aromatic N) is 3. The second-order valence-electron chi connectivity index (χ2n) is 6.03. The van der Waals surface area contributed by atoms with Crippen molar-refractivity contribution in [1.82, 2.24) is 14.7 Å². The van der Waals surface area contributed by atoms with Gasteiger partial charge in [0, 0.05) is 47.2 Å². The molecule has 2 amide bonds. The molecule has 1 atom stereocenters. The van der Waals surface area contributed by atoms with E-state index >= 15 is 0 Å². The molecule has 2 rings (SSSR count). The molecule has 1 aliphatic rings. The fraction of sp³-hybridized carbons (Fsp3) is 0.529. The maximum Gasteiger partial charge on any atom is 0.241 e. The summed E-state index contributed by atoms with van der Waals surface area (Å²) in [6.07, 6.45) is 0. The van der Waals surface area contributed by atoms with Gasteiger partial charge in [-0.3, -0.25) is 14.5 Å². The summed E-state index contributed by atoms with van der Waals surface area (Å²) in [6.45, 7) is 3.80. The Morgan fingerprint density at radius 3 is 2.62 bits per heavy atom. The number of carbonyl (C=O) groups is 2. The van der Waals surface area contributed by atoms with Crippen LogP contribution >= 0.6 is 0 Å². The van der Waals surface area contributed by atoms with Gasteiger partial charge in [0.25, 0.3) is 0 Å². The van der Waals surface area contributed by atoms with Gasteiger partial charge in [-0.05, 0) is 12.1 Å². The molecule has 0 spiro atoms. The van der Waals surface area contributed by atoms with Crippen LogP contribution in [0.4, 0.5) is 4.39 Å². The van der Waals surface area contributed by atoms with Crippen molar-refractivity contribution < 1.29 is 18.7 Å². The van der Waals surface area contributed by atoms with Crippen molar-refractivity contribution in [3.05, 3.63) is 30.1 Å². The van der Waals surface area contributed by atoms with Crippen LogP contribution in [0.3, 0.4) is 0 Å². The Balaban J connectivity index is 1.97. The average molecular weight is 337 g/mol. The first kappa shape index (κ1) is 18.2. The largest absolute Gasteiger partial charge is 0.489 e. The molecule has 0 N–H and O–H groups in total. The lowest BCUT2D eigenvalue weighted by atomic mass is 10.1. The summed E-state index contributed by atoms with van der Waals surface area (Å²) in [6, 6.07) is 5.84. The van der Waals surface area contributed by atoms with Crippen LogP contribution in [0.1, 0.15) is 6.92 Å². The molecule has 1 fully saturated rings. The number of amides is 2. The van der Waals surface area contributed by atoms with Crippen LogP contribution in [0.15, 0.2) is 24.3 Å². The Morgan fingerprint density at radius 2 is 2.00 bits per heavy atom. The summed E-state index contributed by atoms with van der Waals surface area (Å²) in [5, 5.41) is 0. The van der Waals surface area contributed by atoms with Gasteiger partial charge >= 0.3 is 0 Å². The van der Waals surface area contributed by atoms with Gasteiger partial charge in [-0.15, -0.1) is 0 Å². The minimum absolute atomic E-state index is 0.0335. The molecule has 7 heteroatoms. The predicted octanol–water partition coefficient (Wildman–Crippen LogP) is 0.825. The minimum Gasteiger partial charge on any atom is -0.489 e. The Morgan fingerprint density at radius 1 is 1.29 bits per heavy atom. The highest BCUT2D eigenvalue weighted by atomic mass is 19.1. The second kappa shape index (κ2) is 8.10. The number of halogens is 1. The van der Waals surface area contributed by atoms with Gasteiger partial charge in [-0.25, -0.2) is 4.39 Å². The quantitative estimate of drug-likeness (QED) is 0.798. The van der Waals surface area contributed by atoms with Crippen LogP contribution in [0.2, 0.25) is 0 Å². The number of piperazine rings is 1. The fourth-order valence-corrected chi connectivity index (χ4v) is 2.74. The van der Waals surface area contributed by atoms with Crippen LogP contribution in [-0.2, 0) is 9.59 Å². The third-order valence-corrected chi connectivity index (χ3v) is 4.14. The molecular formula is C17H24FN3O3. The molecule has 6 nitrogen and oxygen atoms in total. The van der Waals surface area contributed by atoms with Crippen molar-refractivity contribution >= 4 is 11.8 Å². The zero-order valence-electron chi connectivity index (χ0n) is 14.4. The molecule has 1 aromatic carbocycles. The zero-order chi connectivity index (χ0) is 17.7. The van der Waals surface area contributed by atoms with Gasteiger partial charge in [0.15, 0.2) is 11.6 Å². The second-order valence-corrected chi connectivity index (χ2v) is 6.03. The van der Waals surface area contributed by atoms with Crippen molar-refractivity contribution in [2.45, 2.75) is 13.0 Å². The average Bonchev–Trinajstić information content (AvgIpc) is 2.55. The summed E-state index contributed by atoms with van der Waals surface area (Å²) < 4.78 is 19.0. The van der Waals surface area contributed by atoms with Gasteiger partial charge in [-0.2, -0.15) is 0 Å². The van der Waals surface area contributed by atoms with Gasteiger partial charge < -0.3 is 14.5 Å². The van der Waals surface area contributed by atoms with Crippen LogP contribution in [0, 0.1) is 5.82 Å². The smallest absolute Gasteiger partial charge is 0.241 e. The SMILES string of the molecule is CC(=O)N1CCN(CCOc2ccccc2F)C(C(=O)N(C)C)C1. The van der Waals surface area contributed by atoms with Crippen molar-refractivity contribution in [1.29, 1.82) is 0 Å². The van der Waals surface area contributed by atoms with Crippen molar-refractivity contribution in [2.75, 3.05) is 46.9 Å². The number of carbonyl (C=O) groups excluding carboxylic acids is 2. The first-order valence-electron chi connectivity index (χ1n) is 7.98. The third-order valence-electron chi connectivity index (χ3n) is 4.14. The Hall–Kier alpha value is -2.15. The van der Waals surface area contributed by atoms with Crippen LogP contribution in [0.25, 0.3) is 0 Å². The molecule has 0 aliphatic carbocycles. The van der Waals surface area contributed by atoms with E-state index < -0.39 is 11.9 Å². The highest BCUT2D eigenvalue weighted by Crippen LogP contribution is 2.16. The fourth-order valence-electron chi connectivity index (χ4n) is 2.74. The lowest BCUT2D eigenvalue weighted by Gasteiger charge is -2.41. The molecule has 1 unspecified atom stereocenters. The van der Waals surface area contributed by atoms with Crippen LogP contribution < -0.4 is 4.74 Å². The molecule has 0 saturated carbocycles. The summed E-state index contributed by atoms with van der Waals surface area (Å²) in [4.78, 5) is 29.2. The van der Waals surface area contributed by atoms with Crippen molar-refractivity contribution in [3.8, 4) is 5.75 Å². The molecule has 24 heavy (non-hydrogen) atoms. The lowest BCUT2D eigenvalue weighted by molar-refractivity contribution is -0.141. The van der Waals surface area contributed by atoms with E-state index in [2.05, 4.69) is 0 Å². The van der Waals surface area contributed by atoms with E-state index in [4.69, 9.17) is 4.74 Å². The van der Waals surface area contributed by atoms with Gasteiger partial charge in [0.1, 0.15) is 12.6 Å². The molecule has 1 saturated heterocycles. The summed E-state index contributed by atoms with van der Waals surface area (Å²) in [5.41, 5.74) is 0. The third kappa shape index (κ3) is 4.44. The zero-order valence-corrected chi connectivity index (χ0v) is 14.4. The molecule has 1 aliphatic heterocycles. The number of rotatable bonds is 5. The molecular weight excluding hydrogens is 313 g/mol. The monoisotopic (exact) mass is 337 g/mol. The standard InChI is InChI=1S/C17H24FN3O3/c1-13(22)21-9-8-20(15(12-21)17(23)19(2)3)10-11-24-16-7-5-4-6-14(16)18/h4-7,15H,8-12H2,1-3H3. The molecule has 0 radical (unpaired) electrons. The molecule has 132 valence electrons. The number of ether oxygens (including phenoxy) is 1. The van der Waals surface area contributed by atoms with E-state index in [1.807, 2.05) is 4.90 Å². The van der Waals surface area contributed by atoms with Gasteiger partial charge in [0.2, 0.25) is 11.8 Å². The van der Waals surface area contributed by atoms with Gasteiger partial charge in [0.05, 0.1) is 0 Å². The number of hydrogen-bond donors (Lipinski definition) is 0. The van der Waals surface area contributed by atoms with E-state index in [0.29, 0.717) is 26.2 Å². The van der Waals surface area contributed by atoms with E-state index in [9.17, 15) is 14.0 Å². The van der Waals surface area contributed by atoms with E-state index in [-0.39, 0.29) is 24.2 Å². The topological polar surface area (TPSA) is 53.1 Å². The highest BCUT2D eigenvalue weighted by molar-refractivity contribution is 5.83. The van der Waals surface area contributed by atoms with E-state index in [0.717, 1.165) is 0 Å². The number of para-hydroxylation sites is 1. The first-order valence-corrected chi connectivity index (χ1v) is 7.98. The highest BCUT2D eigenvalue weighted by Gasteiger charge is 2.34. The minimum atomic E-state index is -0.403. The number of hydrogen-bond acceptors (Lipinski definition) is 4. The maximum absolute atomic E-state index is 13.6. The van der Waals surface area contributed by atoms with Crippen molar-refractivity contribution in [2.24, 2.45) is 0 Å². The Labute approximate surface area is 141 Å². The summed E-state index contributed by atoms with van der Waals surface area (Å²) in [5.74, 6) is -0.282.